The molecule has 0 aliphatic heterocycles. The number of benzene rings is 2. The highest BCUT2D eigenvalue weighted by Crippen LogP contribution is 2.32. The van der Waals surface area contributed by atoms with E-state index in [1.807, 2.05) is 24.3 Å². The van der Waals surface area contributed by atoms with Gasteiger partial charge in [0.05, 0.1) is 21.1 Å². The highest BCUT2D eigenvalue weighted by atomic mass is 35.5. The van der Waals surface area contributed by atoms with E-state index in [1.165, 1.54) is 10.7 Å². The van der Waals surface area contributed by atoms with Crippen LogP contribution in [-0.2, 0) is 0 Å². The van der Waals surface area contributed by atoms with Crippen molar-refractivity contribution in [3.63, 3.8) is 0 Å². The van der Waals surface area contributed by atoms with E-state index in [4.69, 9.17) is 28.9 Å². The minimum atomic E-state index is -0.627. The first-order valence-electron chi connectivity index (χ1n) is 5.68. The molecule has 100 valence electrons. The third-order valence-corrected chi connectivity index (χ3v) is 3.58. The molecule has 1 amide bonds. The Labute approximate surface area is 123 Å². The van der Waals surface area contributed by atoms with Gasteiger partial charge in [-0.1, -0.05) is 40.5 Å². The average molecular weight is 307 g/mol. The van der Waals surface area contributed by atoms with Gasteiger partial charge in [0.2, 0.25) is 5.91 Å². The fraction of sp³-hybridized carbons (Fsp3) is 0. The van der Waals surface area contributed by atoms with E-state index in [9.17, 15) is 4.79 Å². The molecule has 3 rings (SSSR count). The van der Waals surface area contributed by atoms with Crippen LogP contribution < -0.4 is 5.73 Å². The lowest BCUT2D eigenvalue weighted by atomic mass is 10.2. The number of nitrogens with zero attached hydrogens (tertiary/aromatic N) is 3. The Morgan fingerprint density at radius 1 is 1.15 bits per heavy atom. The van der Waals surface area contributed by atoms with Gasteiger partial charge in [-0.2, -0.15) is 0 Å². The van der Waals surface area contributed by atoms with Gasteiger partial charge in [0, 0.05) is 0 Å². The molecule has 0 unspecified atom stereocenters. The summed E-state index contributed by atoms with van der Waals surface area (Å²) in [7, 11) is 0. The number of halogens is 2. The maximum Gasteiger partial charge on any atom is 0.250 e. The molecule has 0 radical (unpaired) electrons. The molecule has 2 N–H and O–H groups in total. The van der Waals surface area contributed by atoms with Crippen LogP contribution in [0.15, 0.2) is 36.4 Å². The lowest BCUT2D eigenvalue weighted by Gasteiger charge is -2.10. The maximum atomic E-state index is 11.4. The molecule has 0 saturated heterocycles. The number of primary amides is 1. The largest absolute Gasteiger partial charge is 0.366 e. The number of para-hydroxylation sites is 1. The second kappa shape index (κ2) is 4.77. The van der Waals surface area contributed by atoms with Gasteiger partial charge in [-0.05, 0) is 24.3 Å². The summed E-state index contributed by atoms with van der Waals surface area (Å²) < 4.78 is 1.49. The van der Waals surface area contributed by atoms with Gasteiger partial charge >= 0.3 is 0 Å². The molecule has 0 fully saturated rings. The Balaban J connectivity index is 2.34. The van der Waals surface area contributed by atoms with E-state index in [0.717, 1.165) is 5.52 Å². The predicted octanol–water partition coefficient (Wildman–Crippen LogP) is 2.83. The lowest BCUT2D eigenvalue weighted by Crippen LogP contribution is -2.13. The summed E-state index contributed by atoms with van der Waals surface area (Å²) in [4.78, 5) is 11.4. The van der Waals surface area contributed by atoms with Crippen LogP contribution in [0.25, 0.3) is 16.7 Å². The SMILES string of the molecule is NC(=O)c1ccc(Cl)c(-n2nnc3ccccc32)c1Cl. The summed E-state index contributed by atoms with van der Waals surface area (Å²) in [5.74, 6) is -0.627. The molecule has 7 heteroatoms. The van der Waals surface area contributed by atoms with Crippen molar-refractivity contribution in [2.45, 2.75) is 0 Å². The van der Waals surface area contributed by atoms with Crippen LogP contribution in [-0.4, -0.2) is 20.9 Å². The number of hydrogen-bond acceptors (Lipinski definition) is 3. The Bertz CT molecular complexity index is 828. The number of rotatable bonds is 2. The molecule has 0 aliphatic rings. The van der Waals surface area contributed by atoms with E-state index >= 15 is 0 Å². The standard InChI is InChI=1S/C13H8Cl2N4O/c14-8-6-5-7(13(16)20)11(15)12(8)19-10-4-2-1-3-9(10)17-18-19/h1-6H,(H2,16,20). The van der Waals surface area contributed by atoms with Crippen LogP contribution >= 0.6 is 23.2 Å². The van der Waals surface area contributed by atoms with Crippen molar-refractivity contribution in [1.82, 2.24) is 15.0 Å². The summed E-state index contributed by atoms with van der Waals surface area (Å²) in [6, 6.07) is 10.4. The average Bonchev–Trinajstić information content (AvgIpc) is 2.82. The van der Waals surface area contributed by atoms with Crippen LogP contribution in [0.4, 0.5) is 0 Å². The molecular formula is C13H8Cl2N4O. The van der Waals surface area contributed by atoms with Crippen molar-refractivity contribution >= 4 is 40.1 Å². The number of aromatic nitrogens is 3. The Morgan fingerprint density at radius 2 is 1.90 bits per heavy atom. The van der Waals surface area contributed by atoms with Gasteiger partial charge < -0.3 is 5.73 Å². The van der Waals surface area contributed by atoms with E-state index in [1.54, 1.807) is 6.07 Å². The first-order chi connectivity index (χ1) is 9.59. The molecule has 0 bridgehead atoms. The Morgan fingerprint density at radius 3 is 2.65 bits per heavy atom. The third-order valence-electron chi connectivity index (χ3n) is 2.90. The van der Waals surface area contributed by atoms with Crippen LogP contribution in [0.1, 0.15) is 10.4 Å². The van der Waals surface area contributed by atoms with E-state index in [-0.39, 0.29) is 10.6 Å². The van der Waals surface area contributed by atoms with E-state index in [2.05, 4.69) is 10.3 Å². The van der Waals surface area contributed by atoms with Gasteiger partial charge in [-0.25, -0.2) is 4.68 Å². The predicted molar refractivity (Wildman–Crippen MR) is 77.4 cm³/mol. The molecule has 20 heavy (non-hydrogen) atoms. The second-order valence-electron chi connectivity index (χ2n) is 4.11. The maximum absolute atomic E-state index is 11.4. The minimum absolute atomic E-state index is 0.153. The zero-order valence-electron chi connectivity index (χ0n) is 10.0. The normalized spacial score (nSPS) is 10.9. The number of carbonyl (C=O) groups is 1. The van der Waals surface area contributed by atoms with Crippen LogP contribution in [0.5, 0.6) is 0 Å². The number of amides is 1. The van der Waals surface area contributed by atoms with Crippen LogP contribution in [0.3, 0.4) is 0 Å². The lowest BCUT2D eigenvalue weighted by molar-refractivity contribution is 0.100. The molecule has 1 heterocycles. The first kappa shape index (κ1) is 12.9. The van der Waals surface area contributed by atoms with Crippen molar-refractivity contribution < 1.29 is 4.79 Å². The Hall–Kier alpha value is -2.11. The van der Waals surface area contributed by atoms with Crippen molar-refractivity contribution in [2.75, 3.05) is 0 Å². The first-order valence-corrected chi connectivity index (χ1v) is 6.44. The third kappa shape index (κ3) is 1.92. The molecule has 0 atom stereocenters. The van der Waals surface area contributed by atoms with Crippen molar-refractivity contribution in [3.8, 4) is 5.69 Å². The zero-order chi connectivity index (χ0) is 14.3. The van der Waals surface area contributed by atoms with Crippen LogP contribution in [0.2, 0.25) is 10.0 Å². The molecule has 2 aromatic carbocycles. The fourth-order valence-electron chi connectivity index (χ4n) is 1.96. The number of hydrogen-bond donors (Lipinski definition) is 1. The number of fused-ring (bicyclic) bond motifs is 1. The summed E-state index contributed by atoms with van der Waals surface area (Å²) in [5, 5.41) is 8.58. The minimum Gasteiger partial charge on any atom is -0.366 e. The smallest absolute Gasteiger partial charge is 0.250 e. The van der Waals surface area contributed by atoms with Gasteiger partial charge in [0.15, 0.2) is 0 Å². The summed E-state index contributed by atoms with van der Waals surface area (Å²) in [6.45, 7) is 0. The molecular weight excluding hydrogens is 299 g/mol. The summed E-state index contributed by atoms with van der Waals surface area (Å²) >= 11 is 12.4. The van der Waals surface area contributed by atoms with Crippen molar-refractivity contribution in [1.29, 1.82) is 0 Å². The van der Waals surface area contributed by atoms with Gasteiger partial charge in [0.25, 0.3) is 0 Å². The number of carbonyl (C=O) groups excluding carboxylic acids is 1. The van der Waals surface area contributed by atoms with Crippen molar-refractivity contribution in [2.24, 2.45) is 5.73 Å². The zero-order valence-corrected chi connectivity index (χ0v) is 11.6. The fourth-order valence-corrected chi connectivity index (χ4v) is 2.58. The van der Waals surface area contributed by atoms with Crippen LogP contribution in [0, 0.1) is 0 Å². The monoisotopic (exact) mass is 306 g/mol. The molecule has 5 nitrogen and oxygen atoms in total. The molecule has 0 saturated carbocycles. The molecule has 0 aliphatic carbocycles. The Kier molecular flexibility index (Phi) is 3.08. The van der Waals surface area contributed by atoms with Gasteiger partial charge in [0.1, 0.15) is 11.2 Å². The number of nitrogens with two attached hydrogens (primary N) is 1. The molecule has 3 aromatic rings. The molecule has 1 aromatic heterocycles. The molecule has 0 spiro atoms. The van der Waals surface area contributed by atoms with E-state index in [0.29, 0.717) is 16.2 Å². The second-order valence-corrected chi connectivity index (χ2v) is 4.90. The van der Waals surface area contributed by atoms with E-state index < -0.39 is 5.91 Å². The van der Waals surface area contributed by atoms with Gasteiger partial charge in [-0.15, -0.1) is 5.10 Å². The quantitative estimate of drug-likeness (QED) is 0.791. The topological polar surface area (TPSA) is 73.8 Å². The highest BCUT2D eigenvalue weighted by Gasteiger charge is 2.18. The van der Waals surface area contributed by atoms with Gasteiger partial charge in [-0.3, -0.25) is 4.79 Å². The highest BCUT2D eigenvalue weighted by molar-refractivity contribution is 6.39. The summed E-state index contributed by atoms with van der Waals surface area (Å²) in [5.41, 5.74) is 7.29. The summed E-state index contributed by atoms with van der Waals surface area (Å²) in [6.07, 6.45) is 0. The van der Waals surface area contributed by atoms with Crippen molar-refractivity contribution in [3.05, 3.63) is 52.0 Å².